The zero-order chi connectivity index (χ0) is 24.5. The van der Waals surface area contributed by atoms with Crippen molar-refractivity contribution in [2.45, 2.75) is 80.5 Å². The Morgan fingerprint density at radius 2 is 1.68 bits per heavy atom. The second kappa shape index (κ2) is 9.94. The maximum atomic E-state index is 13.9. The number of amides is 1. The van der Waals surface area contributed by atoms with Crippen LogP contribution in [0.4, 0.5) is 8.78 Å². The molecule has 0 spiro atoms. The van der Waals surface area contributed by atoms with Crippen LogP contribution >= 0.6 is 11.6 Å². The van der Waals surface area contributed by atoms with E-state index in [9.17, 15) is 17.8 Å². The monoisotopic (exact) mass is 508 g/mol. The first kappa shape index (κ1) is 25.1. The molecule has 3 atom stereocenters. The molecule has 0 aliphatic heterocycles. The highest BCUT2D eigenvalue weighted by Gasteiger charge is 2.45. The second-order valence-corrected chi connectivity index (χ2v) is 12.4. The highest BCUT2D eigenvalue weighted by atomic mass is 35.5. The van der Waals surface area contributed by atoms with Crippen LogP contribution in [0, 0.1) is 17.6 Å². The van der Waals surface area contributed by atoms with Crippen LogP contribution in [0.3, 0.4) is 0 Å². The van der Waals surface area contributed by atoms with Crippen molar-refractivity contribution in [3.63, 3.8) is 0 Å². The van der Waals surface area contributed by atoms with E-state index in [1.807, 2.05) is 31.2 Å². The minimum atomic E-state index is -3.20. The highest BCUT2D eigenvalue weighted by molar-refractivity contribution is 7.93. The summed E-state index contributed by atoms with van der Waals surface area (Å²) in [6.07, 6.45) is 1.81. The van der Waals surface area contributed by atoms with Crippen LogP contribution in [0.2, 0.25) is 5.02 Å². The fourth-order valence-corrected chi connectivity index (χ4v) is 7.47. The van der Waals surface area contributed by atoms with Crippen LogP contribution in [0.15, 0.2) is 53.4 Å². The largest absolute Gasteiger partial charge is 0.335 e. The molecular weight excluding hydrogens is 478 g/mol. The second-order valence-electron chi connectivity index (χ2n) is 9.67. The van der Waals surface area contributed by atoms with E-state index in [2.05, 4.69) is 0 Å². The van der Waals surface area contributed by atoms with Crippen molar-refractivity contribution in [3.8, 4) is 0 Å². The molecule has 2 aliphatic rings. The maximum Gasteiger partial charge on any atom is 0.248 e. The van der Waals surface area contributed by atoms with E-state index in [-0.39, 0.29) is 37.6 Å². The number of carbonyl (C=O) groups excluding carboxylic acids is 1. The smallest absolute Gasteiger partial charge is 0.248 e. The van der Waals surface area contributed by atoms with Gasteiger partial charge in [0.05, 0.1) is 20.9 Å². The van der Waals surface area contributed by atoms with Crippen LogP contribution in [-0.2, 0) is 21.1 Å². The third-order valence-corrected chi connectivity index (χ3v) is 9.89. The van der Waals surface area contributed by atoms with Gasteiger partial charge in [-0.1, -0.05) is 47.9 Å². The molecule has 184 valence electrons. The van der Waals surface area contributed by atoms with Crippen LogP contribution in [0.25, 0.3) is 0 Å². The van der Waals surface area contributed by atoms with Crippen LogP contribution in [0.5, 0.6) is 0 Å². The van der Waals surface area contributed by atoms with Gasteiger partial charge in [0.1, 0.15) is 0 Å². The van der Waals surface area contributed by atoms with Gasteiger partial charge in [-0.15, -0.1) is 0 Å². The quantitative estimate of drug-likeness (QED) is 0.465. The standard InChI is InChI=1S/C26H31ClF2N2O2S/c1-18-5-11-22(12-6-18)34(30,33)24-4-2-3-23(24)25(32)31(17-19-7-9-20(27)10-8-19)21-13-15-26(28,29)16-14-21/h5-12,21,23-24,30H,2-4,13-17H2,1H3/t23-,24-,34-/m1/s1. The third-order valence-electron chi connectivity index (χ3n) is 7.24. The Bertz CT molecular complexity index is 1110. The molecule has 8 heteroatoms. The van der Waals surface area contributed by atoms with Crippen molar-refractivity contribution >= 4 is 27.2 Å². The van der Waals surface area contributed by atoms with Gasteiger partial charge in [-0.3, -0.25) is 4.79 Å². The number of rotatable bonds is 6. The molecule has 4 rings (SSSR count). The normalized spacial score (nSPS) is 24.5. The van der Waals surface area contributed by atoms with Crippen molar-refractivity contribution in [1.29, 1.82) is 4.78 Å². The van der Waals surface area contributed by atoms with Crippen LogP contribution in [-0.4, -0.2) is 32.2 Å². The summed E-state index contributed by atoms with van der Waals surface area (Å²) < 4.78 is 50.2. The number of benzene rings is 2. The minimum absolute atomic E-state index is 0.167. The molecule has 0 unspecified atom stereocenters. The number of aryl methyl sites for hydroxylation is 1. The number of nitrogens with zero attached hydrogens (tertiary/aromatic N) is 1. The molecule has 0 radical (unpaired) electrons. The first-order chi connectivity index (χ1) is 16.1. The molecule has 1 amide bonds. The van der Waals surface area contributed by atoms with Crippen LogP contribution < -0.4 is 0 Å². The molecular formula is C26H31ClF2N2O2S. The van der Waals surface area contributed by atoms with E-state index < -0.39 is 26.8 Å². The van der Waals surface area contributed by atoms with Gasteiger partial charge in [0.25, 0.3) is 0 Å². The predicted molar refractivity (Wildman–Crippen MR) is 131 cm³/mol. The van der Waals surface area contributed by atoms with Gasteiger partial charge in [-0.2, -0.15) is 0 Å². The summed E-state index contributed by atoms with van der Waals surface area (Å²) in [6, 6.07) is 14.0. The minimum Gasteiger partial charge on any atom is -0.335 e. The lowest BCUT2D eigenvalue weighted by atomic mass is 9.90. The van der Waals surface area contributed by atoms with Gasteiger partial charge < -0.3 is 4.90 Å². The van der Waals surface area contributed by atoms with E-state index in [4.69, 9.17) is 16.4 Å². The Morgan fingerprint density at radius 1 is 1.06 bits per heavy atom. The Hall–Kier alpha value is -1.99. The lowest BCUT2D eigenvalue weighted by Crippen LogP contribution is -2.48. The van der Waals surface area contributed by atoms with Gasteiger partial charge >= 0.3 is 0 Å². The van der Waals surface area contributed by atoms with E-state index in [0.29, 0.717) is 29.3 Å². The van der Waals surface area contributed by atoms with Gasteiger partial charge in [0, 0.05) is 35.3 Å². The summed E-state index contributed by atoms with van der Waals surface area (Å²) in [5.41, 5.74) is 1.89. The van der Waals surface area contributed by atoms with E-state index in [1.165, 1.54) is 0 Å². The van der Waals surface area contributed by atoms with Crippen molar-refractivity contribution in [1.82, 2.24) is 4.90 Å². The zero-order valence-electron chi connectivity index (χ0n) is 19.3. The summed E-state index contributed by atoms with van der Waals surface area (Å²) in [7, 11) is -3.20. The van der Waals surface area contributed by atoms with Crippen molar-refractivity contribution in [2.24, 2.45) is 5.92 Å². The number of carbonyl (C=O) groups is 1. The molecule has 2 aromatic rings. The number of alkyl halides is 2. The Balaban J connectivity index is 1.61. The molecule has 0 heterocycles. The number of halogens is 3. The van der Waals surface area contributed by atoms with Crippen molar-refractivity contribution in [3.05, 3.63) is 64.7 Å². The highest BCUT2D eigenvalue weighted by Crippen LogP contribution is 2.40. The number of hydrogen-bond donors (Lipinski definition) is 1. The fraction of sp³-hybridized carbons (Fsp3) is 0.500. The Morgan fingerprint density at radius 3 is 2.29 bits per heavy atom. The molecule has 2 aliphatic carbocycles. The van der Waals surface area contributed by atoms with Gasteiger partial charge in [-0.05, 0) is 62.4 Å². The number of nitrogens with one attached hydrogen (secondary N) is 1. The van der Waals surface area contributed by atoms with E-state index in [0.717, 1.165) is 17.5 Å². The maximum absolute atomic E-state index is 13.9. The molecule has 2 saturated carbocycles. The SMILES string of the molecule is Cc1ccc([S@@](=N)(=O)[C@@H]2CCC[C@H]2C(=O)N(Cc2ccc(Cl)cc2)C2CCC(F)(F)CC2)cc1. The van der Waals surface area contributed by atoms with Crippen molar-refractivity contribution in [2.75, 3.05) is 0 Å². The molecule has 0 bridgehead atoms. The summed E-state index contributed by atoms with van der Waals surface area (Å²) >= 11 is 6.02. The summed E-state index contributed by atoms with van der Waals surface area (Å²) in [5, 5.41) is 0.00212. The summed E-state index contributed by atoms with van der Waals surface area (Å²) in [6.45, 7) is 2.22. The van der Waals surface area contributed by atoms with Crippen LogP contribution in [0.1, 0.15) is 56.1 Å². The van der Waals surface area contributed by atoms with E-state index in [1.54, 1.807) is 29.2 Å². The number of hydrogen-bond acceptors (Lipinski definition) is 3. The van der Waals surface area contributed by atoms with Gasteiger partial charge in [0.2, 0.25) is 11.8 Å². The Kier molecular flexibility index (Phi) is 7.34. The molecule has 2 fully saturated rings. The topological polar surface area (TPSA) is 61.2 Å². The Labute approximate surface area is 205 Å². The molecule has 34 heavy (non-hydrogen) atoms. The average Bonchev–Trinajstić information content (AvgIpc) is 3.30. The van der Waals surface area contributed by atoms with Crippen molar-refractivity contribution < 1.29 is 17.8 Å². The lowest BCUT2D eigenvalue weighted by Gasteiger charge is -2.39. The van der Waals surface area contributed by atoms with Gasteiger partial charge in [-0.25, -0.2) is 17.8 Å². The molecule has 4 nitrogen and oxygen atoms in total. The zero-order valence-corrected chi connectivity index (χ0v) is 20.9. The molecule has 1 N–H and O–H groups in total. The average molecular weight is 509 g/mol. The summed E-state index contributed by atoms with van der Waals surface area (Å²) in [4.78, 5) is 16.1. The molecule has 0 saturated heterocycles. The first-order valence-electron chi connectivity index (χ1n) is 11.8. The van der Waals surface area contributed by atoms with E-state index >= 15 is 0 Å². The first-order valence-corrected chi connectivity index (χ1v) is 13.8. The molecule has 0 aromatic heterocycles. The molecule has 2 aromatic carbocycles. The predicted octanol–water partition coefficient (Wildman–Crippen LogP) is 6.83. The summed E-state index contributed by atoms with van der Waals surface area (Å²) in [5.74, 6) is -3.41. The van der Waals surface area contributed by atoms with Gasteiger partial charge in [0.15, 0.2) is 0 Å². The third kappa shape index (κ3) is 5.46. The lowest BCUT2D eigenvalue weighted by molar-refractivity contribution is -0.141. The fourth-order valence-electron chi connectivity index (χ4n) is 5.24.